The van der Waals surface area contributed by atoms with E-state index in [4.69, 9.17) is 4.74 Å². The van der Waals surface area contributed by atoms with E-state index < -0.39 is 12.6 Å². The Morgan fingerprint density at radius 1 is 1.00 bits per heavy atom. The van der Waals surface area contributed by atoms with Crippen molar-refractivity contribution in [2.45, 2.75) is 26.7 Å². The van der Waals surface area contributed by atoms with Gasteiger partial charge in [0.15, 0.2) is 0 Å². The largest absolute Gasteiger partial charge is 0.546 e. The van der Waals surface area contributed by atoms with Gasteiger partial charge in [-0.2, -0.15) is 5.10 Å². The summed E-state index contributed by atoms with van der Waals surface area (Å²) in [7, 11) is 0. The molecule has 0 heterocycles. The van der Waals surface area contributed by atoms with Crippen LogP contribution in [0.25, 0.3) is 0 Å². The molecule has 1 amide bonds. The molecule has 0 saturated heterocycles. The van der Waals surface area contributed by atoms with Crippen LogP contribution in [-0.4, -0.2) is 24.2 Å². The average molecular weight is 353 g/mol. The Morgan fingerprint density at radius 2 is 1.62 bits per heavy atom. The number of nitrogens with zero attached hydrogens (tertiary/aromatic N) is 1. The summed E-state index contributed by atoms with van der Waals surface area (Å²) < 4.78 is 5.04. The van der Waals surface area contributed by atoms with E-state index in [9.17, 15) is 14.7 Å². The lowest BCUT2D eigenvalue weighted by Crippen LogP contribution is -2.28. The molecule has 0 aliphatic heterocycles. The Balaban J connectivity index is 2.04. The Hall–Kier alpha value is -3.15. The van der Waals surface area contributed by atoms with E-state index in [0.29, 0.717) is 23.4 Å². The Morgan fingerprint density at radius 3 is 2.15 bits per heavy atom. The van der Waals surface area contributed by atoms with Gasteiger partial charge in [0, 0.05) is 5.56 Å². The van der Waals surface area contributed by atoms with Gasteiger partial charge in [0.1, 0.15) is 12.4 Å². The molecule has 2 aromatic carbocycles. The normalized spacial score (nSPS) is 11.1. The van der Waals surface area contributed by atoms with Gasteiger partial charge < -0.3 is 14.6 Å². The van der Waals surface area contributed by atoms with Crippen molar-refractivity contribution in [2.24, 2.45) is 5.10 Å². The number of aliphatic carboxylic acids is 1. The fourth-order valence-electron chi connectivity index (χ4n) is 2.31. The molecular weight excluding hydrogens is 332 g/mol. The van der Waals surface area contributed by atoms with E-state index in [1.165, 1.54) is 5.56 Å². The predicted molar refractivity (Wildman–Crippen MR) is 97.1 cm³/mol. The maximum absolute atomic E-state index is 12.2. The summed E-state index contributed by atoms with van der Waals surface area (Å²) >= 11 is 0. The lowest BCUT2D eigenvalue weighted by Gasteiger charge is -2.09. The predicted octanol–water partition coefficient (Wildman–Crippen LogP) is 1.92. The standard InChI is InChI=1S/C20H22N2O4/c1-3-14-5-7-16(8-6-14)20(25)22-21-18(4-2)15-9-11-17(12-10-15)26-13-19(23)24/h5-12H,3-4,13H2,1-2H3,(H,22,25)(H,23,24)/p-1/b21-18-. The molecular formula is C20H21N2O4-. The molecule has 2 aromatic rings. The molecule has 0 radical (unpaired) electrons. The van der Waals surface area contributed by atoms with Crippen LogP contribution in [0, 0.1) is 0 Å². The van der Waals surface area contributed by atoms with E-state index >= 15 is 0 Å². The second-order valence-corrected chi connectivity index (χ2v) is 5.59. The number of aryl methyl sites for hydroxylation is 1. The smallest absolute Gasteiger partial charge is 0.271 e. The zero-order chi connectivity index (χ0) is 18.9. The highest BCUT2D eigenvalue weighted by Crippen LogP contribution is 2.14. The van der Waals surface area contributed by atoms with Gasteiger partial charge >= 0.3 is 0 Å². The van der Waals surface area contributed by atoms with Crippen molar-refractivity contribution in [3.63, 3.8) is 0 Å². The van der Waals surface area contributed by atoms with Gasteiger partial charge in [-0.3, -0.25) is 4.79 Å². The first-order valence-electron chi connectivity index (χ1n) is 8.42. The van der Waals surface area contributed by atoms with E-state index in [1.54, 1.807) is 36.4 Å². The van der Waals surface area contributed by atoms with Crippen LogP contribution in [0.1, 0.15) is 41.8 Å². The molecule has 1 N–H and O–H groups in total. The Kier molecular flexibility index (Phi) is 6.91. The molecule has 0 bridgehead atoms. The maximum Gasteiger partial charge on any atom is 0.271 e. The summed E-state index contributed by atoms with van der Waals surface area (Å²) in [5, 5.41) is 14.6. The highest BCUT2D eigenvalue weighted by molar-refractivity contribution is 6.02. The molecule has 0 saturated carbocycles. The van der Waals surface area contributed by atoms with Crippen molar-refractivity contribution >= 4 is 17.6 Å². The first-order valence-corrected chi connectivity index (χ1v) is 8.42. The molecule has 0 spiro atoms. The topological polar surface area (TPSA) is 90.8 Å². The zero-order valence-corrected chi connectivity index (χ0v) is 14.8. The van der Waals surface area contributed by atoms with Gasteiger partial charge in [0.25, 0.3) is 5.91 Å². The zero-order valence-electron chi connectivity index (χ0n) is 14.8. The van der Waals surface area contributed by atoms with Crippen molar-refractivity contribution in [3.8, 4) is 5.75 Å². The average Bonchev–Trinajstić information content (AvgIpc) is 2.67. The van der Waals surface area contributed by atoms with Crippen LogP contribution in [0.15, 0.2) is 53.6 Å². The van der Waals surface area contributed by atoms with Crippen LogP contribution >= 0.6 is 0 Å². The molecule has 136 valence electrons. The number of nitrogens with one attached hydrogen (secondary N) is 1. The number of carbonyl (C=O) groups is 2. The van der Waals surface area contributed by atoms with Crippen LogP contribution < -0.4 is 15.3 Å². The fourth-order valence-corrected chi connectivity index (χ4v) is 2.31. The van der Waals surface area contributed by atoms with Crippen molar-refractivity contribution in [1.29, 1.82) is 0 Å². The lowest BCUT2D eigenvalue weighted by atomic mass is 10.1. The maximum atomic E-state index is 12.2. The Bertz CT molecular complexity index is 780. The van der Waals surface area contributed by atoms with E-state index in [1.807, 2.05) is 19.1 Å². The molecule has 26 heavy (non-hydrogen) atoms. The molecule has 0 atom stereocenters. The third kappa shape index (κ3) is 5.44. The number of hydrazone groups is 1. The molecule has 0 unspecified atom stereocenters. The molecule has 0 aromatic heterocycles. The van der Waals surface area contributed by atoms with Crippen LogP contribution in [0.5, 0.6) is 5.75 Å². The third-order valence-corrected chi connectivity index (χ3v) is 3.80. The summed E-state index contributed by atoms with van der Waals surface area (Å²) in [4.78, 5) is 22.6. The van der Waals surface area contributed by atoms with Gasteiger partial charge in [0.2, 0.25) is 0 Å². The third-order valence-electron chi connectivity index (χ3n) is 3.80. The second-order valence-electron chi connectivity index (χ2n) is 5.59. The first-order chi connectivity index (χ1) is 12.5. The van der Waals surface area contributed by atoms with Crippen LogP contribution in [0.3, 0.4) is 0 Å². The SMILES string of the molecule is CC/C(=N/NC(=O)c1ccc(CC)cc1)c1ccc(OCC(=O)[O-])cc1. The van der Waals surface area contributed by atoms with Gasteiger partial charge in [-0.15, -0.1) is 0 Å². The summed E-state index contributed by atoms with van der Waals surface area (Å²) in [5.41, 5.74) is 5.81. The highest BCUT2D eigenvalue weighted by Gasteiger charge is 2.07. The fraction of sp³-hybridized carbons (Fsp3) is 0.250. The minimum absolute atomic E-state index is 0.271. The van der Waals surface area contributed by atoms with Crippen molar-refractivity contribution in [1.82, 2.24) is 5.43 Å². The molecule has 0 aliphatic rings. The molecule has 6 heteroatoms. The minimum Gasteiger partial charge on any atom is -0.546 e. The molecule has 2 rings (SSSR count). The van der Waals surface area contributed by atoms with Crippen molar-refractivity contribution < 1.29 is 19.4 Å². The minimum atomic E-state index is -1.28. The molecule has 0 aliphatic carbocycles. The number of carboxylic acid groups (broad SMARTS) is 1. The van der Waals surface area contributed by atoms with Crippen LogP contribution in [0.2, 0.25) is 0 Å². The number of ether oxygens (including phenoxy) is 1. The number of carboxylic acids is 1. The lowest BCUT2D eigenvalue weighted by molar-refractivity contribution is -0.307. The molecule has 6 nitrogen and oxygen atoms in total. The van der Waals surface area contributed by atoms with Crippen LogP contribution in [0.4, 0.5) is 0 Å². The summed E-state index contributed by atoms with van der Waals surface area (Å²) in [6.45, 7) is 3.49. The Labute approximate surface area is 152 Å². The quantitative estimate of drug-likeness (QED) is 0.580. The van der Waals surface area contributed by atoms with Gasteiger partial charge in [-0.25, -0.2) is 5.43 Å². The number of amides is 1. The summed E-state index contributed by atoms with van der Waals surface area (Å²) in [5.74, 6) is -1.12. The first kappa shape index (κ1) is 19.2. The van der Waals surface area contributed by atoms with Gasteiger partial charge in [-0.05, 0) is 60.4 Å². The second kappa shape index (κ2) is 9.36. The van der Waals surface area contributed by atoms with E-state index in [2.05, 4.69) is 17.5 Å². The van der Waals surface area contributed by atoms with E-state index in [0.717, 1.165) is 12.0 Å². The highest BCUT2D eigenvalue weighted by atomic mass is 16.5. The summed E-state index contributed by atoms with van der Waals surface area (Å²) in [6, 6.07) is 14.2. The molecule has 0 fully saturated rings. The van der Waals surface area contributed by atoms with Crippen LogP contribution in [-0.2, 0) is 11.2 Å². The van der Waals surface area contributed by atoms with Crippen molar-refractivity contribution in [2.75, 3.05) is 6.61 Å². The number of hydrogen-bond acceptors (Lipinski definition) is 5. The van der Waals surface area contributed by atoms with Crippen molar-refractivity contribution in [3.05, 3.63) is 65.2 Å². The number of carbonyl (C=O) groups excluding carboxylic acids is 2. The number of benzene rings is 2. The van der Waals surface area contributed by atoms with E-state index in [-0.39, 0.29) is 5.91 Å². The van der Waals surface area contributed by atoms with Gasteiger partial charge in [-0.1, -0.05) is 26.0 Å². The summed E-state index contributed by atoms with van der Waals surface area (Å²) in [6.07, 6.45) is 1.54. The number of rotatable bonds is 8. The number of hydrogen-bond donors (Lipinski definition) is 1. The van der Waals surface area contributed by atoms with Gasteiger partial charge in [0.05, 0.1) is 11.7 Å². The monoisotopic (exact) mass is 353 g/mol.